The Morgan fingerprint density at radius 1 is 1.42 bits per heavy atom. The maximum absolute atomic E-state index is 10.1. The Labute approximate surface area is 73.0 Å². The molecule has 1 rings (SSSR count). The molecule has 0 aromatic carbocycles. The van der Waals surface area contributed by atoms with Gasteiger partial charge in [0, 0.05) is 6.42 Å². The summed E-state index contributed by atoms with van der Waals surface area (Å²) in [4.78, 5) is 10.1. The molecule has 3 nitrogen and oxygen atoms in total. The van der Waals surface area contributed by atoms with Crippen molar-refractivity contribution in [3.63, 3.8) is 0 Å². The van der Waals surface area contributed by atoms with Crippen molar-refractivity contribution in [2.75, 3.05) is 0 Å². The molecule has 1 fully saturated rings. The van der Waals surface area contributed by atoms with Crippen LogP contribution in [0.4, 0.5) is 0 Å². The van der Waals surface area contributed by atoms with Crippen LogP contribution in [0, 0.1) is 0 Å². The number of rotatable bonds is 3. The second kappa shape index (κ2) is 3.54. The van der Waals surface area contributed by atoms with Crippen LogP contribution in [-0.2, 0) is 14.3 Å². The Morgan fingerprint density at radius 3 is 2.50 bits per heavy atom. The van der Waals surface area contributed by atoms with Gasteiger partial charge in [-0.2, -0.15) is 0 Å². The van der Waals surface area contributed by atoms with Gasteiger partial charge in [-0.25, -0.2) is 0 Å². The highest BCUT2D eigenvalue weighted by Gasteiger charge is 2.37. The normalized spacial score (nSPS) is 33.6. The standard InChI is InChI=1S/C9H16O3/c1-7-8(5-4-6-10)12-9(2,3)11-7/h6-8H,4-5H2,1-3H3/t7-,8+/m1/s1. The van der Waals surface area contributed by atoms with Gasteiger partial charge >= 0.3 is 0 Å². The predicted octanol–water partition coefficient (Wildman–Crippen LogP) is 1.51. The Bertz CT molecular complexity index is 165. The molecule has 12 heavy (non-hydrogen) atoms. The Balaban J connectivity index is 2.41. The molecule has 0 saturated carbocycles. The first-order valence-corrected chi connectivity index (χ1v) is 4.34. The monoisotopic (exact) mass is 172 g/mol. The van der Waals surface area contributed by atoms with Crippen LogP contribution in [0.2, 0.25) is 0 Å². The second-order valence-electron chi connectivity index (χ2n) is 3.62. The van der Waals surface area contributed by atoms with Crippen LogP contribution < -0.4 is 0 Å². The lowest BCUT2D eigenvalue weighted by Crippen LogP contribution is -2.21. The lowest BCUT2D eigenvalue weighted by molar-refractivity contribution is -0.145. The molecule has 1 heterocycles. The smallest absolute Gasteiger partial charge is 0.163 e. The zero-order valence-electron chi connectivity index (χ0n) is 7.87. The first kappa shape index (κ1) is 9.68. The average Bonchev–Trinajstić information content (AvgIpc) is 2.20. The molecule has 70 valence electrons. The summed E-state index contributed by atoms with van der Waals surface area (Å²) in [5.41, 5.74) is 0. The van der Waals surface area contributed by atoms with Crippen LogP contribution in [0.5, 0.6) is 0 Å². The topological polar surface area (TPSA) is 35.5 Å². The lowest BCUT2D eigenvalue weighted by atomic mass is 10.1. The first-order valence-electron chi connectivity index (χ1n) is 4.34. The molecule has 3 heteroatoms. The van der Waals surface area contributed by atoms with Crippen molar-refractivity contribution >= 4 is 6.29 Å². The first-order chi connectivity index (χ1) is 5.55. The minimum Gasteiger partial charge on any atom is -0.345 e. The SMILES string of the molecule is C[C@H]1OC(C)(C)O[C@H]1CCC=O. The summed E-state index contributed by atoms with van der Waals surface area (Å²) in [5, 5.41) is 0. The van der Waals surface area contributed by atoms with Crippen molar-refractivity contribution in [1.82, 2.24) is 0 Å². The van der Waals surface area contributed by atoms with E-state index in [9.17, 15) is 4.79 Å². The molecule has 0 N–H and O–H groups in total. The van der Waals surface area contributed by atoms with E-state index in [-0.39, 0.29) is 12.2 Å². The van der Waals surface area contributed by atoms with E-state index < -0.39 is 5.79 Å². The highest BCUT2D eigenvalue weighted by Crippen LogP contribution is 2.29. The number of aldehydes is 1. The largest absolute Gasteiger partial charge is 0.345 e. The number of hydrogen-bond acceptors (Lipinski definition) is 3. The van der Waals surface area contributed by atoms with Gasteiger partial charge in [0.05, 0.1) is 12.2 Å². The number of carbonyl (C=O) groups is 1. The summed E-state index contributed by atoms with van der Waals surface area (Å²) in [6, 6.07) is 0. The predicted molar refractivity (Wildman–Crippen MR) is 44.8 cm³/mol. The van der Waals surface area contributed by atoms with E-state index in [1.807, 2.05) is 20.8 Å². The summed E-state index contributed by atoms with van der Waals surface area (Å²) in [6.07, 6.45) is 2.40. The maximum atomic E-state index is 10.1. The number of hydrogen-bond donors (Lipinski definition) is 0. The van der Waals surface area contributed by atoms with Crippen LogP contribution in [-0.4, -0.2) is 24.3 Å². The summed E-state index contributed by atoms with van der Waals surface area (Å²) in [6.45, 7) is 5.76. The van der Waals surface area contributed by atoms with Gasteiger partial charge in [-0.15, -0.1) is 0 Å². The van der Waals surface area contributed by atoms with Crippen molar-refractivity contribution in [2.45, 2.75) is 51.6 Å². The zero-order valence-corrected chi connectivity index (χ0v) is 7.87. The molecular formula is C9H16O3. The van der Waals surface area contributed by atoms with E-state index in [0.717, 1.165) is 12.7 Å². The molecule has 0 aliphatic carbocycles. The summed E-state index contributed by atoms with van der Waals surface area (Å²) in [7, 11) is 0. The second-order valence-corrected chi connectivity index (χ2v) is 3.62. The van der Waals surface area contributed by atoms with Crippen LogP contribution >= 0.6 is 0 Å². The molecule has 1 aliphatic rings. The van der Waals surface area contributed by atoms with E-state index in [1.165, 1.54) is 0 Å². The number of carbonyl (C=O) groups excluding carboxylic acids is 1. The Morgan fingerprint density at radius 2 is 2.08 bits per heavy atom. The summed E-state index contributed by atoms with van der Waals surface area (Å²) in [5.74, 6) is -0.479. The van der Waals surface area contributed by atoms with Gasteiger partial charge in [-0.3, -0.25) is 0 Å². The van der Waals surface area contributed by atoms with E-state index in [2.05, 4.69) is 0 Å². The molecule has 0 radical (unpaired) electrons. The van der Waals surface area contributed by atoms with Crippen molar-refractivity contribution in [3.8, 4) is 0 Å². The molecule has 0 spiro atoms. The molecule has 0 aromatic heterocycles. The van der Waals surface area contributed by atoms with Gasteiger partial charge in [-0.1, -0.05) is 0 Å². The summed E-state index contributed by atoms with van der Waals surface area (Å²) < 4.78 is 11.1. The molecular weight excluding hydrogens is 156 g/mol. The minimum absolute atomic E-state index is 0.0743. The molecule has 0 bridgehead atoms. The molecule has 0 aromatic rings. The van der Waals surface area contributed by atoms with Crippen molar-refractivity contribution in [1.29, 1.82) is 0 Å². The van der Waals surface area contributed by atoms with Gasteiger partial charge in [0.15, 0.2) is 5.79 Å². The lowest BCUT2D eigenvalue weighted by Gasteiger charge is -2.16. The van der Waals surface area contributed by atoms with E-state index >= 15 is 0 Å². The van der Waals surface area contributed by atoms with Crippen LogP contribution in [0.25, 0.3) is 0 Å². The van der Waals surface area contributed by atoms with E-state index in [4.69, 9.17) is 9.47 Å². The highest BCUT2D eigenvalue weighted by atomic mass is 16.7. The molecule has 1 aliphatic heterocycles. The van der Waals surface area contributed by atoms with Gasteiger partial charge in [0.1, 0.15) is 6.29 Å². The minimum atomic E-state index is -0.479. The van der Waals surface area contributed by atoms with Gasteiger partial charge in [0.25, 0.3) is 0 Å². The highest BCUT2D eigenvalue weighted by molar-refractivity contribution is 5.49. The van der Waals surface area contributed by atoms with Gasteiger partial charge in [0.2, 0.25) is 0 Å². The molecule has 0 amide bonds. The summed E-state index contributed by atoms with van der Waals surface area (Å²) >= 11 is 0. The third-order valence-electron chi connectivity index (χ3n) is 2.00. The zero-order chi connectivity index (χ0) is 9.19. The fourth-order valence-electron chi connectivity index (χ4n) is 1.54. The van der Waals surface area contributed by atoms with Crippen molar-refractivity contribution in [3.05, 3.63) is 0 Å². The third-order valence-corrected chi connectivity index (χ3v) is 2.00. The fraction of sp³-hybridized carbons (Fsp3) is 0.889. The number of ether oxygens (including phenoxy) is 2. The Kier molecular flexibility index (Phi) is 2.85. The molecule has 1 saturated heterocycles. The third kappa shape index (κ3) is 2.29. The van der Waals surface area contributed by atoms with Crippen molar-refractivity contribution in [2.24, 2.45) is 0 Å². The average molecular weight is 172 g/mol. The fourth-order valence-corrected chi connectivity index (χ4v) is 1.54. The quantitative estimate of drug-likeness (QED) is 0.605. The van der Waals surface area contributed by atoms with E-state index in [1.54, 1.807) is 0 Å². The van der Waals surface area contributed by atoms with Gasteiger partial charge in [-0.05, 0) is 27.2 Å². The van der Waals surface area contributed by atoms with Crippen molar-refractivity contribution < 1.29 is 14.3 Å². The van der Waals surface area contributed by atoms with Gasteiger partial charge < -0.3 is 14.3 Å². The molecule has 2 atom stereocenters. The van der Waals surface area contributed by atoms with E-state index in [0.29, 0.717) is 6.42 Å². The maximum Gasteiger partial charge on any atom is 0.163 e. The molecule has 0 unspecified atom stereocenters. The van der Waals surface area contributed by atoms with Crippen LogP contribution in [0.3, 0.4) is 0 Å². The van der Waals surface area contributed by atoms with Crippen LogP contribution in [0.15, 0.2) is 0 Å². The Hall–Kier alpha value is -0.410. The van der Waals surface area contributed by atoms with Crippen LogP contribution in [0.1, 0.15) is 33.6 Å².